The Kier molecular flexibility index (Phi) is 3.70. The Hall–Kier alpha value is -0.130. The second-order valence-corrected chi connectivity index (χ2v) is 5.69. The fourth-order valence-corrected chi connectivity index (χ4v) is 2.74. The summed E-state index contributed by atoms with van der Waals surface area (Å²) in [6.07, 6.45) is 4.30. The van der Waals surface area contributed by atoms with Crippen molar-refractivity contribution in [2.24, 2.45) is 11.7 Å². The van der Waals surface area contributed by atoms with E-state index in [1.54, 1.807) is 4.31 Å². The van der Waals surface area contributed by atoms with Crippen LogP contribution in [-0.2, 0) is 10.0 Å². The molecule has 13 heavy (non-hydrogen) atoms. The summed E-state index contributed by atoms with van der Waals surface area (Å²) >= 11 is 0. The fourth-order valence-electron chi connectivity index (χ4n) is 1.80. The molecule has 1 atom stereocenters. The first kappa shape index (κ1) is 10.9. The predicted molar refractivity (Wildman–Crippen MR) is 52.8 cm³/mol. The van der Waals surface area contributed by atoms with Crippen molar-refractivity contribution in [1.29, 1.82) is 0 Å². The molecule has 0 aromatic rings. The van der Waals surface area contributed by atoms with Crippen molar-refractivity contribution in [3.05, 3.63) is 0 Å². The molecular formula is C8H18N2O2S. The quantitative estimate of drug-likeness (QED) is 0.707. The van der Waals surface area contributed by atoms with Crippen molar-refractivity contribution in [2.75, 3.05) is 25.9 Å². The van der Waals surface area contributed by atoms with Crippen LogP contribution in [0.1, 0.15) is 19.3 Å². The van der Waals surface area contributed by atoms with Gasteiger partial charge in [0.15, 0.2) is 0 Å². The van der Waals surface area contributed by atoms with Crippen LogP contribution in [0.15, 0.2) is 0 Å². The molecule has 1 aliphatic rings. The Bertz CT molecular complexity index is 249. The summed E-state index contributed by atoms with van der Waals surface area (Å²) in [4.78, 5) is 0. The lowest BCUT2D eigenvalue weighted by molar-refractivity contribution is 0.259. The maximum atomic E-state index is 11.2. The van der Waals surface area contributed by atoms with Crippen molar-refractivity contribution < 1.29 is 8.42 Å². The SMILES string of the molecule is CS(=O)(=O)N1CCC[C@@H](CCN)C1. The van der Waals surface area contributed by atoms with Crippen LogP contribution in [0.3, 0.4) is 0 Å². The van der Waals surface area contributed by atoms with Gasteiger partial charge in [0.05, 0.1) is 6.26 Å². The van der Waals surface area contributed by atoms with Crippen LogP contribution in [0.25, 0.3) is 0 Å². The molecule has 0 spiro atoms. The van der Waals surface area contributed by atoms with Crippen molar-refractivity contribution >= 4 is 10.0 Å². The number of piperidine rings is 1. The maximum absolute atomic E-state index is 11.2. The molecule has 0 bridgehead atoms. The Morgan fingerprint density at radius 1 is 1.54 bits per heavy atom. The second-order valence-electron chi connectivity index (χ2n) is 3.71. The van der Waals surface area contributed by atoms with Crippen LogP contribution in [0, 0.1) is 5.92 Å². The molecule has 5 heteroatoms. The number of nitrogens with zero attached hydrogens (tertiary/aromatic N) is 1. The van der Waals surface area contributed by atoms with E-state index >= 15 is 0 Å². The van der Waals surface area contributed by atoms with Crippen LogP contribution in [-0.4, -0.2) is 38.6 Å². The van der Waals surface area contributed by atoms with Crippen LogP contribution in [0.5, 0.6) is 0 Å². The van der Waals surface area contributed by atoms with E-state index in [1.807, 2.05) is 0 Å². The molecule has 1 rings (SSSR count). The van der Waals surface area contributed by atoms with Crippen LogP contribution in [0.2, 0.25) is 0 Å². The van der Waals surface area contributed by atoms with Crippen LogP contribution in [0.4, 0.5) is 0 Å². The molecule has 0 radical (unpaired) electrons. The topological polar surface area (TPSA) is 63.4 Å². The van der Waals surface area contributed by atoms with E-state index in [0.717, 1.165) is 19.3 Å². The van der Waals surface area contributed by atoms with Gasteiger partial charge in [-0.3, -0.25) is 0 Å². The molecule has 2 N–H and O–H groups in total. The molecule has 4 nitrogen and oxygen atoms in total. The maximum Gasteiger partial charge on any atom is 0.211 e. The Morgan fingerprint density at radius 2 is 2.23 bits per heavy atom. The van der Waals surface area contributed by atoms with E-state index in [-0.39, 0.29) is 0 Å². The number of nitrogens with two attached hydrogens (primary N) is 1. The van der Waals surface area contributed by atoms with Gasteiger partial charge < -0.3 is 5.73 Å². The predicted octanol–water partition coefficient (Wildman–Crippen LogP) is 0.00680. The zero-order chi connectivity index (χ0) is 9.90. The third-order valence-electron chi connectivity index (χ3n) is 2.53. The van der Waals surface area contributed by atoms with Crippen LogP contribution < -0.4 is 5.73 Å². The summed E-state index contributed by atoms with van der Waals surface area (Å²) in [6, 6.07) is 0. The van der Waals surface area contributed by atoms with Gasteiger partial charge in [0.25, 0.3) is 0 Å². The zero-order valence-corrected chi connectivity index (χ0v) is 8.89. The minimum atomic E-state index is -2.98. The molecule has 0 unspecified atom stereocenters. The van der Waals surface area contributed by atoms with E-state index in [4.69, 9.17) is 5.73 Å². The highest BCUT2D eigenvalue weighted by molar-refractivity contribution is 7.88. The number of sulfonamides is 1. The van der Waals surface area contributed by atoms with Gasteiger partial charge in [0.1, 0.15) is 0 Å². The average molecular weight is 206 g/mol. The first-order valence-electron chi connectivity index (χ1n) is 4.69. The van der Waals surface area contributed by atoms with E-state index in [9.17, 15) is 8.42 Å². The highest BCUT2D eigenvalue weighted by Crippen LogP contribution is 2.20. The zero-order valence-electron chi connectivity index (χ0n) is 8.07. The summed E-state index contributed by atoms with van der Waals surface area (Å²) in [5, 5.41) is 0. The summed E-state index contributed by atoms with van der Waals surface area (Å²) in [5.41, 5.74) is 5.45. The molecule has 1 aliphatic heterocycles. The lowest BCUT2D eigenvalue weighted by atomic mass is 9.96. The molecule has 0 amide bonds. The number of rotatable bonds is 3. The summed E-state index contributed by atoms with van der Waals surface area (Å²) < 4.78 is 24.0. The summed E-state index contributed by atoms with van der Waals surface area (Å²) in [6.45, 7) is 2.00. The van der Waals surface area contributed by atoms with Crippen molar-refractivity contribution in [2.45, 2.75) is 19.3 Å². The molecule has 1 fully saturated rings. The van der Waals surface area contributed by atoms with Gasteiger partial charge in [-0.2, -0.15) is 0 Å². The molecule has 0 aromatic heterocycles. The fraction of sp³-hybridized carbons (Fsp3) is 1.00. The lowest BCUT2D eigenvalue weighted by Crippen LogP contribution is -2.39. The minimum absolute atomic E-state index is 0.466. The smallest absolute Gasteiger partial charge is 0.211 e. The monoisotopic (exact) mass is 206 g/mol. The normalized spacial score (nSPS) is 26.2. The minimum Gasteiger partial charge on any atom is -0.330 e. The van der Waals surface area contributed by atoms with Gasteiger partial charge in [0, 0.05) is 13.1 Å². The van der Waals surface area contributed by atoms with Gasteiger partial charge in [-0.15, -0.1) is 0 Å². The third kappa shape index (κ3) is 3.25. The Labute approximate surface area is 80.1 Å². The van der Waals surface area contributed by atoms with Gasteiger partial charge in [-0.1, -0.05) is 0 Å². The van der Waals surface area contributed by atoms with Gasteiger partial charge in [-0.05, 0) is 31.7 Å². The number of hydrogen-bond acceptors (Lipinski definition) is 3. The summed E-state index contributed by atoms with van der Waals surface area (Å²) in [5.74, 6) is 0.466. The van der Waals surface area contributed by atoms with E-state index in [1.165, 1.54) is 6.26 Å². The van der Waals surface area contributed by atoms with Crippen molar-refractivity contribution in [1.82, 2.24) is 4.31 Å². The standard InChI is InChI=1S/C8H18N2O2S/c1-13(11,12)10-6-2-3-8(7-10)4-5-9/h8H,2-7,9H2,1H3/t8-/m0/s1. The molecule has 0 aromatic carbocycles. The Balaban J connectivity index is 2.52. The Morgan fingerprint density at radius 3 is 2.77 bits per heavy atom. The van der Waals surface area contributed by atoms with E-state index in [0.29, 0.717) is 25.6 Å². The van der Waals surface area contributed by atoms with Crippen LogP contribution >= 0.6 is 0 Å². The molecule has 78 valence electrons. The third-order valence-corrected chi connectivity index (χ3v) is 3.80. The highest BCUT2D eigenvalue weighted by atomic mass is 32.2. The molecule has 0 aliphatic carbocycles. The van der Waals surface area contributed by atoms with Gasteiger partial charge in [-0.25, -0.2) is 12.7 Å². The molecule has 0 saturated carbocycles. The molecule has 1 saturated heterocycles. The van der Waals surface area contributed by atoms with E-state index < -0.39 is 10.0 Å². The van der Waals surface area contributed by atoms with Gasteiger partial charge >= 0.3 is 0 Å². The number of hydrogen-bond donors (Lipinski definition) is 1. The molecule has 1 heterocycles. The second kappa shape index (κ2) is 4.39. The van der Waals surface area contributed by atoms with E-state index in [2.05, 4.69) is 0 Å². The first-order chi connectivity index (χ1) is 6.04. The largest absolute Gasteiger partial charge is 0.330 e. The highest BCUT2D eigenvalue weighted by Gasteiger charge is 2.24. The summed E-state index contributed by atoms with van der Waals surface area (Å²) in [7, 11) is -2.98. The van der Waals surface area contributed by atoms with Gasteiger partial charge in [0.2, 0.25) is 10.0 Å². The van der Waals surface area contributed by atoms with Crippen molar-refractivity contribution in [3.8, 4) is 0 Å². The van der Waals surface area contributed by atoms with Crippen molar-refractivity contribution in [3.63, 3.8) is 0 Å². The molecular weight excluding hydrogens is 188 g/mol. The average Bonchev–Trinajstić information content (AvgIpc) is 2.04. The lowest BCUT2D eigenvalue weighted by Gasteiger charge is -2.30. The first-order valence-corrected chi connectivity index (χ1v) is 6.54.